The van der Waals surface area contributed by atoms with Crippen molar-refractivity contribution in [2.45, 2.75) is 25.0 Å². The lowest BCUT2D eigenvalue weighted by Gasteiger charge is -2.07. The molecule has 0 amide bonds. The summed E-state index contributed by atoms with van der Waals surface area (Å²) in [7, 11) is 0. The second-order valence-corrected chi connectivity index (χ2v) is 9.91. The molecule has 2 heterocycles. The van der Waals surface area contributed by atoms with E-state index >= 15 is 0 Å². The number of hydrogen-bond acceptors (Lipinski definition) is 3. The monoisotopic (exact) mass is 590 g/mol. The minimum atomic E-state index is -0.0401. The Morgan fingerprint density at radius 1 is 0.525 bits per heavy atom. The first kappa shape index (κ1) is 27.3. The molecule has 0 saturated carbocycles. The molecule has 0 spiro atoms. The van der Waals surface area contributed by atoms with Gasteiger partial charge in [0.25, 0.3) is 0 Å². The van der Waals surface area contributed by atoms with Crippen LogP contribution in [0.5, 0.6) is 0 Å². The summed E-state index contributed by atoms with van der Waals surface area (Å²) in [5, 5.41) is 19.2. The minimum Gasteiger partial charge on any atom is -0.390 e. The first-order chi connectivity index (χ1) is 19.7. The molecule has 5 nitrogen and oxygen atoms in total. The average Bonchev–Trinajstić information content (AvgIpc) is 3.63. The third kappa shape index (κ3) is 7.03. The molecular weight excluding hydrogens is 560 g/mol. The molecule has 0 saturated heterocycles. The summed E-state index contributed by atoms with van der Waals surface area (Å²) in [5.41, 5.74) is 8.69. The SMILES string of the molecule is BrCc1cc(-c2ccccc2)n(Cc2ccccc2)n1.OCc1cc(-c2ccccc2)n(Cc2ccccc2)n1. The summed E-state index contributed by atoms with van der Waals surface area (Å²) in [4.78, 5) is 0. The van der Waals surface area contributed by atoms with Gasteiger partial charge in [0.15, 0.2) is 0 Å². The Balaban J connectivity index is 0.000000161. The van der Waals surface area contributed by atoms with Gasteiger partial charge in [-0.1, -0.05) is 137 Å². The van der Waals surface area contributed by atoms with E-state index in [2.05, 4.69) is 110 Å². The van der Waals surface area contributed by atoms with Crippen molar-refractivity contribution in [2.75, 3.05) is 0 Å². The molecule has 0 aliphatic rings. The highest BCUT2D eigenvalue weighted by molar-refractivity contribution is 9.08. The van der Waals surface area contributed by atoms with E-state index in [1.807, 2.05) is 59.3 Å². The van der Waals surface area contributed by atoms with Gasteiger partial charge in [0, 0.05) is 5.33 Å². The zero-order valence-electron chi connectivity index (χ0n) is 22.1. The summed E-state index contributed by atoms with van der Waals surface area (Å²) >= 11 is 3.49. The summed E-state index contributed by atoms with van der Waals surface area (Å²) < 4.78 is 4.01. The van der Waals surface area contributed by atoms with Crippen LogP contribution in [0.25, 0.3) is 22.5 Å². The van der Waals surface area contributed by atoms with Crippen LogP contribution >= 0.6 is 15.9 Å². The van der Waals surface area contributed by atoms with E-state index in [-0.39, 0.29) is 6.61 Å². The van der Waals surface area contributed by atoms with Crippen molar-refractivity contribution in [1.29, 1.82) is 0 Å². The quantitative estimate of drug-likeness (QED) is 0.186. The Kier molecular flexibility index (Phi) is 9.35. The summed E-state index contributed by atoms with van der Waals surface area (Å²) in [6.07, 6.45) is 0. The number of nitrogens with zero attached hydrogens (tertiary/aromatic N) is 4. The molecule has 0 bridgehead atoms. The van der Waals surface area contributed by atoms with Crippen LogP contribution < -0.4 is 0 Å². The highest BCUT2D eigenvalue weighted by atomic mass is 79.9. The number of halogens is 1. The highest BCUT2D eigenvalue weighted by Crippen LogP contribution is 2.23. The van der Waals surface area contributed by atoms with Crippen molar-refractivity contribution in [2.24, 2.45) is 0 Å². The molecule has 6 heteroatoms. The van der Waals surface area contributed by atoms with E-state index in [9.17, 15) is 5.11 Å². The molecule has 0 radical (unpaired) electrons. The zero-order chi connectivity index (χ0) is 27.6. The molecule has 0 aliphatic carbocycles. The molecule has 2 aromatic heterocycles. The predicted octanol–water partition coefficient (Wildman–Crippen LogP) is 7.58. The van der Waals surface area contributed by atoms with Gasteiger partial charge in [0.2, 0.25) is 0 Å². The van der Waals surface area contributed by atoms with Gasteiger partial charge < -0.3 is 5.11 Å². The number of rotatable bonds is 8. The maximum absolute atomic E-state index is 9.31. The van der Waals surface area contributed by atoms with Crippen molar-refractivity contribution in [3.8, 4) is 22.5 Å². The molecule has 0 aliphatic heterocycles. The summed E-state index contributed by atoms with van der Waals surface area (Å²) in [5.74, 6) is 0. The Morgan fingerprint density at radius 2 is 0.900 bits per heavy atom. The average molecular weight is 592 g/mol. The predicted molar refractivity (Wildman–Crippen MR) is 165 cm³/mol. The van der Waals surface area contributed by atoms with E-state index < -0.39 is 0 Å². The molecule has 6 rings (SSSR count). The van der Waals surface area contributed by atoms with E-state index in [4.69, 9.17) is 0 Å². The Labute approximate surface area is 243 Å². The fourth-order valence-corrected chi connectivity index (χ4v) is 4.79. The molecule has 0 unspecified atom stereocenters. The van der Waals surface area contributed by atoms with Gasteiger partial charge in [-0.2, -0.15) is 10.2 Å². The first-order valence-electron chi connectivity index (χ1n) is 13.2. The highest BCUT2D eigenvalue weighted by Gasteiger charge is 2.11. The van der Waals surface area contributed by atoms with Gasteiger partial charge >= 0.3 is 0 Å². The lowest BCUT2D eigenvalue weighted by Crippen LogP contribution is -2.04. The Morgan fingerprint density at radius 3 is 1.30 bits per heavy atom. The third-order valence-electron chi connectivity index (χ3n) is 6.45. The van der Waals surface area contributed by atoms with Gasteiger partial charge in [-0.3, -0.25) is 9.36 Å². The van der Waals surface area contributed by atoms with Gasteiger partial charge in [-0.15, -0.1) is 0 Å². The number of alkyl halides is 1. The van der Waals surface area contributed by atoms with Crippen LogP contribution in [0, 0.1) is 0 Å². The van der Waals surface area contributed by atoms with Crippen molar-refractivity contribution >= 4 is 15.9 Å². The van der Waals surface area contributed by atoms with E-state index in [1.54, 1.807) is 0 Å². The van der Waals surface area contributed by atoms with Crippen LogP contribution in [0.1, 0.15) is 22.5 Å². The topological polar surface area (TPSA) is 55.9 Å². The van der Waals surface area contributed by atoms with Gasteiger partial charge in [0.05, 0.1) is 42.5 Å². The zero-order valence-corrected chi connectivity index (χ0v) is 23.7. The minimum absolute atomic E-state index is 0.0401. The van der Waals surface area contributed by atoms with Crippen LogP contribution in [0.15, 0.2) is 133 Å². The van der Waals surface area contributed by atoms with Crippen LogP contribution in [-0.4, -0.2) is 24.7 Å². The molecular formula is C34H31BrN4O. The number of aliphatic hydroxyl groups excluding tert-OH is 1. The second-order valence-electron chi connectivity index (χ2n) is 9.35. The van der Waals surface area contributed by atoms with Gasteiger partial charge in [-0.25, -0.2) is 0 Å². The largest absolute Gasteiger partial charge is 0.390 e. The fourth-order valence-electron chi connectivity index (χ4n) is 4.52. The molecule has 6 aromatic rings. The van der Waals surface area contributed by atoms with E-state index in [0.29, 0.717) is 12.2 Å². The van der Waals surface area contributed by atoms with Crippen LogP contribution in [0.4, 0.5) is 0 Å². The van der Waals surface area contributed by atoms with Crippen LogP contribution in [0.3, 0.4) is 0 Å². The first-order valence-corrected chi connectivity index (χ1v) is 14.3. The van der Waals surface area contributed by atoms with Gasteiger partial charge in [0.1, 0.15) is 0 Å². The summed E-state index contributed by atoms with van der Waals surface area (Å²) in [6, 6.07) is 45.2. The van der Waals surface area contributed by atoms with Crippen molar-refractivity contribution in [3.05, 3.63) is 156 Å². The second kappa shape index (κ2) is 13.7. The number of hydrogen-bond donors (Lipinski definition) is 1. The molecule has 0 atom stereocenters. The third-order valence-corrected chi connectivity index (χ3v) is 7.02. The smallest absolute Gasteiger partial charge is 0.0885 e. The lowest BCUT2D eigenvalue weighted by molar-refractivity contribution is 0.275. The van der Waals surface area contributed by atoms with E-state index in [1.165, 1.54) is 16.7 Å². The maximum atomic E-state index is 9.31. The Bertz CT molecular complexity index is 1470. The molecule has 1 N–H and O–H groups in total. The number of aromatic nitrogens is 4. The normalized spacial score (nSPS) is 10.7. The van der Waals surface area contributed by atoms with Gasteiger partial charge in [-0.05, 0) is 34.4 Å². The number of aliphatic hydroxyl groups is 1. The van der Waals surface area contributed by atoms with E-state index in [0.717, 1.165) is 34.5 Å². The molecule has 40 heavy (non-hydrogen) atoms. The fraction of sp³-hybridized carbons (Fsp3) is 0.118. The standard InChI is InChI=1S/C17H15BrN2.C17H16N2O/c18-12-16-11-17(15-9-5-2-6-10-15)20(19-16)13-14-7-3-1-4-8-14;20-13-16-11-17(15-9-5-2-6-10-15)19(18-16)12-14-7-3-1-4-8-14/h1-11H,12-13H2;1-11,20H,12-13H2. The Hall–Kier alpha value is -4.26. The van der Waals surface area contributed by atoms with Crippen molar-refractivity contribution in [1.82, 2.24) is 19.6 Å². The number of benzene rings is 4. The molecule has 200 valence electrons. The van der Waals surface area contributed by atoms with Crippen molar-refractivity contribution in [3.63, 3.8) is 0 Å². The van der Waals surface area contributed by atoms with Crippen LogP contribution in [-0.2, 0) is 25.0 Å². The van der Waals surface area contributed by atoms with Crippen molar-refractivity contribution < 1.29 is 5.11 Å². The van der Waals surface area contributed by atoms with Crippen LogP contribution in [0.2, 0.25) is 0 Å². The molecule has 0 fully saturated rings. The maximum Gasteiger partial charge on any atom is 0.0885 e. The summed E-state index contributed by atoms with van der Waals surface area (Å²) in [6.45, 7) is 1.45. The lowest BCUT2D eigenvalue weighted by atomic mass is 10.1. The molecule has 4 aromatic carbocycles.